The van der Waals surface area contributed by atoms with Gasteiger partial charge in [-0.3, -0.25) is 4.79 Å². The van der Waals surface area contributed by atoms with Crippen LogP contribution in [0.5, 0.6) is 0 Å². The number of hydrogen-bond acceptors (Lipinski definition) is 7. The molecule has 0 saturated heterocycles. The second-order valence-corrected chi connectivity index (χ2v) is 7.64. The molecule has 0 aromatic carbocycles. The second-order valence-electron chi connectivity index (χ2n) is 7.64. The second kappa shape index (κ2) is 6.72. The molecule has 0 aliphatic carbocycles. The lowest BCUT2D eigenvalue weighted by molar-refractivity contribution is -0.177. The van der Waals surface area contributed by atoms with E-state index in [9.17, 15) is 14.4 Å². The maximum atomic E-state index is 12.5. The highest BCUT2D eigenvalue weighted by molar-refractivity contribution is 6.08. The highest BCUT2D eigenvalue weighted by Crippen LogP contribution is 2.21. The number of esters is 3. The Morgan fingerprint density at radius 3 is 2.08 bits per heavy atom. The number of nitrogens with two attached hydrogens (primary N) is 1. The van der Waals surface area contributed by atoms with Crippen LogP contribution in [0.1, 0.15) is 47.2 Å². The van der Waals surface area contributed by atoms with E-state index in [-0.39, 0.29) is 6.42 Å². The molecule has 1 aromatic heterocycles. The number of aromatic nitrogens is 2. The van der Waals surface area contributed by atoms with Crippen LogP contribution in [0.4, 0.5) is 0 Å². The van der Waals surface area contributed by atoms with Crippen LogP contribution in [-0.2, 0) is 30.3 Å². The minimum Gasteiger partial charge on any atom is -0.458 e. The minimum atomic E-state index is -2.18. The fourth-order valence-electron chi connectivity index (χ4n) is 1.60. The molecule has 0 spiro atoms. The first-order valence-corrected chi connectivity index (χ1v) is 7.52. The van der Waals surface area contributed by atoms with E-state index in [0.717, 1.165) is 0 Å². The van der Waals surface area contributed by atoms with E-state index in [4.69, 9.17) is 15.2 Å². The van der Waals surface area contributed by atoms with Crippen molar-refractivity contribution in [1.29, 1.82) is 0 Å². The average molecular weight is 339 g/mol. The Morgan fingerprint density at radius 1 is 1.08 bits per heavy atom. The quantitative estimate of drug-likeness (QED) is 0.622. The number of carbonyl (C=O) groups is 3. The smallest absolute Gasteiger partial charge is 0.345 e. The number of rotatable bonds is 4. The molecule has 8 heteroatoms. The summed E-state index contributed by atoms with van der Waals surface area (Å²) in [5.74, 6) is -2.93. The third kappa shape index (κ3) is 5.16. The molecule has 8 nitrogen and oxygen atoms in total. The molecule has 24 heavy (non-hydrogen) atoms. The number of aromatic amines is 1. The third-order valence-corrected chi connectivity index (χ3v) is 2.94. The van der Waals surface area contributed by atoms with Crippen LogP contribution < -0.4 is 5.73 Å². The Bertz CT molecular complexity index is 611. The van der Waals surface area contributed by atoms with Crippen molar-refractivity contribution >= 4 is 17.9 Å². The Kier molecular flexibility index (Phi) is 5.55. The molecule has 0 unspecified atom stereocenters. The van der Waals surface area contributed by atoms with E-state index in [1.54, 1.807) is 41.5 Å². The Hall–Kier alpha value is -2.22. The van der Waals surface area contributed by atoms with Gasteiger partial charge in [0.25, 0.3) is 0 Å². The van der Waals surface area contributed by atoms with Gasteiger partial charge in [0.1, 0.15) is 5.60 Å². The van der Waals surface area contributed by atoms with Crippen molar-refractivity contribution in [3.05, 3.63) is 18.2 Å². The molecule has 1 heterocycles. The van der Waals surface area contributed by atoms with Gasteiger partial charge in [-0.15, -0.1) is 0 Å². The number of imidazole rings is 1. The number of nitrogens with one attached hydrogen (secondary N) is 1. The summed E-state index contributed by atoms with van der Waals surface area (Å²) in [5, 5.41) is 0. The molecule has 134 valence electrons. The molecular weight excluding hydrogens is 314 g/mol. The predicted octanol–water partition coefficient (Wildman–Crippen LogP) is 1.11. The van der Waals surface area contributed by atoms with Gasteiger partial charge in [-0.2, -0.15) is 0 Å². The standard InChI is InChI=1S/C16H25N3O5/c1-14(2,3)11(20)23-12(21)16(17,7-10-8-18-9-19-10)13(22)24-15(4,5)6/h8-9H,7,17H2,1-6H3,(H,18,19)/t16-/m1/s1. The van der Waals surface area contributed by atoms with Crippen molar-refractivity contribution in [1.82, 2.24) is 9.97 Å². The van der Waals surface area contributed by atoms with Gasteiger partial charge in [-0.1, -0.05) is 0 Å². The number of nitrogens with zero attached hydrogens (tertiary/aromatic N) is 1. The zero-order valence-corrected chi connectivity index (χ0v) is 14.9. The van der Waals surface area contributed by atoms with Gasteiger partial charge in [-0.05, 0) is 41.5 Å². The maximum Gasteiger partial charge on any atom is 0.345 e. The van der Waals surface area contributed by atoms with E-state index >= 15 is 0 Å². The largest absolute Gasteiger partial charge is 0.458 e. The van der Waals surface area contributed by atoms with Crippen LogP contribution in [0.25, 0.3) is 0 Å². The summed E-state index contributed by atoms with van der Waals surface area (Å²) in [6.45, 7) is 9.69. The van der Waals surface area contributed by atoms with Crippen molar-refractivity contribution in [2.45, 2.75) is 59.1 Å². The fraction of sp³-hybridized carbons (Fsp3) is 0.625. The van der Waals surface area contributed by atoms with Gasteiger partial charge in [0.15, 0.2) is 0 Å². The van der Waals surface area contributed by atoms with Crippen LogP contribution in [0, 0.1) is 5.41 Å². The number of carbonyl (C=O) groups excluding carboxylic acids is 3. The van der Waals surface area contributed by atoms with Gasteiger partial charge in [-0.25, -0.2) is 14.6 Å². The maximum absolute atomic E-state index is 12.5. The van der Waals surface area contributed by atoms with Crippen molar-refractivity contribution in [3.8, 4) is 0 Å². The molecule has 0 amide bonds. The highest BCUT2D eigenvalue weighted by atomic mass is 16.6. The van der Waals surface area contributed by atoms with E-state index in [2.05, 4.69) is 9.97 Å². The zero-order valence-electron chi connectivity index (χ0n) is 14.9. The van der Waals surface area contributed by atoms with Gasteiger partial charge in [0, 0.05) is 12.6 Å². The van der Waals surface area contributed by atoms with Crippen LogP contribution >= 0.6 is 0 Å². The lowest BCUT2D eigenvalue weighted by atomic mass is 9.93. The van der Waals surface area contributed by atoms with E-state index in [1.807, 2.05) is 0 Å². The normalized spacial score (nSPS) is 14.6. The van der Waals surface area contributed by atoms with Crippen molar-refractivity contribution in [2.75, 3.05) is 0 Å². The van der Waals surface area contributed by atoms with Crippen molar-refractivity contribution < 1.29 is 23.9 Å². The topological polar surface area (TPSA) is 124 Å². The van der Waals surface area contributed by atoms with Gasteiger partial charge in [0.05, 0.1) is 17.4 Å². The van der Waals surface area contributed by atoms with E-state index < -0.39 is 34.5 Å². The Morgan fingerprint density at radius 2 is 1.67 bits per heavy atom. The third-order valence-electron chi connectivity index (χ3n) is 2.94. The molecule has 0 bridgehead atoms. The molecule has 0 saturated carbocycles. The summed E-state index contributed by atoms with van der Waals surface area (Å²) in [6.07, 6.45) is 2.61. The number of ether oxygens (including phenoxy) is 2. The first-order valence-electron chi connectivity index (χ1n) is 7.52. The molecule has 3 N–H and O–H groups in total. The number of hydrogen-bond donors (Lipinski definition) is 2. The van der Waals surface area contributed by atoms with Gasteiger partial charge < -0.3 is 20.2 Å². The first-order chi connectivity index (χ1) is 10.8. The molecule has 1 atom stereocenters. The molecule has 0 aliphatic heterocycles. The highest BCUT2D eigenvalue weighted by Gasteiger charge is 2.49. The van der Waals surface area contributed by atoms with Crippen molar-refractivity contribution in [3.63, 3.8) is 0 Å². The monoisotopic (exact) mass is 339 g/mol. The first kappa shape index (κ1) is 19.8. The van der Waals surface area contributed by atoms with Crippen LogP contribution in [0.15, 0.2) is 12.5 Å². The van der Waals surface area contributed by atoms with E-state index in [1.165, 1.54) is 12.5 Å². The summed E-state index contributed by atoms with van der Waals surface area (Å²) >= 11 is 0. The van der Waals surface area contributed by atoms with Crippen LogP contribution in [0.3, 0.4) is 0 Å². The Labute approximate surface area is 141 Å². The summed E-state index contributed by atoms with van der Waals surface area (Å²) in [5.41, 5.74) is 2.43. The summed E-state index contributed by atoms with van der Waals surface area (Å²) < 4.78 is 10.0. The minimum absolute atomic E-state index is 0.262. The van der Waals surface area contributed by atoms with Crippen LogP contribution in [-0.4, -0.2) is 39.0 Å². The molecule has 1 rings (SSSR count). The number of H-pyrrole nitrogens is 1. The average Bonchev–Trinajstić information content (AvgIpc) is 2.87. The van der Waals surface area contributed by atoms with Gasteiger partial charge >= 0.3 is 17.9 Å². The summed E-state index contributed by atoms with van der Waals surface area (Å²) in [6, 6.07) is 0. The molecule has 0 fully saturated rings. The lowest BCUT2D eigenvalue weighted by Gasteiger charge is -2.29. The SMILES string of the molecule is CC(C)(C)OC(=O)[C@@](N)(Cc1c[nH]cn1)C(=O)OC(=O)C(C)(C)C. The zero-order chi connectivity index (χ0) is 18.8. The summed E-state index contributed by atoms with van der Waals surface area (Å²) in [7, 11) is 0. The van der Waals surface area contributed by atoms with E-state index in [0.29, 0.717) is 5.69 Å². The summed E-state index contributed by atoms with van der Waals surface area (Å²) in [4.78, 5) is 43.6. The van der Waals surface area contributed by atoms with Gasteiger partial charge in [0.2, 0.25) is 5.54 Å². The Balaban J connectivity index is 3.10. The molecule has 1 aromatic rings. The molecular formula is C16H25N3O5. The molecule has 0 radical (unpaired) electrons. The lowest BCUT2D eigenvalue weighted by Crippen LogP contribution is -2.60. The fourth-order valence-corrected chi connectivity index (χ4v) is 1.60. The van der Waals surface area contributed by atoms with Crippen molar-refractivity contribution in [2.24, 2.45) is 11.1 Å². The van der Waals surface area contributed by atoms with Crippen LogP contribution in [0.2, 0.25) is 0 Å². The molecule has 0 aliphatic rings. The predicted molar refractivity (Wildman–Crippen MR) is 85.6 cm³/mol.